The first-order chi connectivity index (χ1) is 8.08. The molecule has 2 saturated heterocycles. The maximum Gasteiger partial charge on any atom is 0.236 e. The molecule has 2 fully saturated rings. The van der Waals surface area contributed by atoms with E-state index in [1.165, 1.54) is 0 Å². The van der Waals surface area contributed by atoms with Crippen LogP contribution in [0.4, 0.5) is 0 Å². The lowest BCUT2D eigenvalue weighted by Gasteiger charge is -2.42. The van der Waals surface area contributed by atoms with Crippen molar-refractivity contribution in [2.45, 2.75) is 13.1 Å². The van der Waals surface area contributed by atoms with Crippen molar-refractivity contribution in [3.8, 4) is 0 Å². The second-order valence-electron chi connectivity index (χ2n) is 4.74. The highest BCUT2D eigenvalue weighted by Crippen LogP contribution is 2.11. The lowest BCUT2D eigenvalue weighted by atomic mass is 10.2. The number of carbonyl (C=O) groups is 2. The second-order valence-corrected chi connectivity index (χ2v) is 4.74. The van der Waals surface area contributed by atoms with E-state index in [0.29, 0.717) is 19.6 Å². The number of hydrogen-bond donors (Lipinski definition) is 1. The Kier molecular flexibility index (Phi) is 3.63. The summed E-state index contributed by atoms with van der Waals surface area (Å²) >= 11 is 0. The molecule has 1 unspecified atom stereocenters. The summed E-state index contributed by atoms with van der Waals surface area (Å²) in [5.74, 6) is 0.230. The minimum atomic E-state index is 0.0727. The zero-order valence-electron chi connectivity index (χ0n) is 10.5. The lowest BCUT2D eigenvalue weighted by molar-refractivity contribution is -0.138. The molecule has 1 N–H and O–H groups in total. The molecule has 2 heterocycles. The van der Waals surface area contributed by atoms with E-state index in [1.807, 2.05) is 7.05 Å². The van der Waals surface area contributed by atoms with Crippen LogP contribution >= 0.6 is 0 Å². The highest BCUT2D eigenvalue weighted by Gasteiger charge is 2.29. The van der Waals surface area contributed by atoms with Crippen LogP contribution in [0.25, 0.3) is 0 Å². The third-order valence-electron chi connectivity index (χ3n) is 3.61. The van der Waals surface area contributed by atoms with E-state index in [2.05, 4.69) is 22.0 Å². The summed E-state index contributed by atoms with van der Waals surface area (Å²) in [6.45, 7) is 6.15. The topological polar surface area (TPSA) is 55.9 Å². The molecule has 2 aliphatic rings. The van der Waals surface area contributed by atoms with Crippen molar-refractivity contribution < 1.29 is 9.59 Å². The molecule has 17 heavy (non-hydrogen) atoms. The largest absolute Gasteiger partial charge is 0.354 e. The first kappa shape index (κ1) is 12.3. The van der Waals surface area contributed by atoms with E-state index in [-0.39, 0.29) is 18.0 Å². The van der Waals surface area contributed by atoms with Gasteiger partial charge in [-0.2, -0.15) is 0 Å². The minimum absolute atomic E-state index is 0.0727. The van der Waals surface area contributed by atoms with Crippen molar-refractivity contribution in [1.29, 1.82) is 0 Å². The maximum atomic E-state index is 11.6. The van der Waals surface area contributed by atoms with Crippen molar-refractivity contribution in [1.82, 2.24) is 20.0 Å². The fourth-order valence-corrected chi connectivity index (χ4v) is 2.30. The number of hydrogen-bond acceptors (Lipinski definition) is 4. The summed E-state index contributed by atoms with van der Waals surface area (Å²) in [6.07, 6.45) is 0.152. The molecule has 0 aromatic rings. The third kappa shape index (κ3) is 2.76. The summed E-state index contributed by atoms with van der Waals surface area (Å²) in [4.78, 5) is 29.0. The van der Waals surface area contributed by atoms with Crippen LogP contribution in [0.2, 0.25) is 0 Å². The van der Waals surface area contributed by atoms with Gasteiger partial charge in [0.2, 0.25) is 11.8 Å². The predicted molar refractivity (Wildman–Crippen MR) is 63.3 cm³/mol. The van der Waals surface area contributed by atoms with Gasteiger partial charge in [0.25, 0.3) is 0 Å². The average molecular weight is 240 g/mol. The number of piperazine rings is 2. The van der Waals surface area contributed by atoms with Crippen LogP contribution in [0.15, 0.2) is 0 Å². The fraction of sp³-hybridized carbons (Fsp3) is 0.818. The standard InChI is InChI=1S/C11H20N4O2/c1-9(14-4-3-12-10(16)7-14)15-6-5-13(2)11(17)8-15/h9H,3-8H2,1-2H3,(H,12,16). The maximum absolute atomic E-state index is 11.6. The summed E-state index contributed by atoms with van der Waals surface area (Å²) in [7, 11) is 1.83. The van der Waals surface area contributed by atoms with Gasteiger partial charge < -0.3 is 10.2 Å². The third-order valence-corrected chi connectivity index (χ3v) is 3.61. The highest BCUT2D eigenvalue weighted by molar-refractivity contribution is 5.79. The number of nitrogens with zero attached hydrogens (tertiary/aromatic N) is 3. The summed E-state index contributed by atoms with van der Waals surface area (Å²) in [6, 6.07) is 0. The van der Waals surface area contributed by atoms with Crippen molar-refractivity contribution in [3.63, 3.8) is 0 Å². The smallest absolute Gasteiger partial charge is 0.236 e. The van der Waals surface area contributed by atoms with Crippen LogP contribution in [0.5, 0.6) is 0 Å². The molecule has 0 aromatic heterocycles. The van der Waals surface area contributed by atoms with E-state index in [4.69, 9.17) is 0 Å². The fourth-order valence-electron chi connectivity index (χ4n) is 2.30. The van der Waals surface area contributed by atoms with Gasteiger partial charge >= 0.3 is 0 Å². The zero-order chi connectivity index (χ0) is 12.4. The second kappa shape index (κ2) is 5.01. The SMILES string of the molecule is CC(N1CCNC(=O)C1)N1CCN(C)C(=O)C1. The van der Waals surface area contributed by atoms with Crippen LogP contribution in [-0.2, 0) is 9.59 Å². The summed E-state index contributed by atoms with van der Waals surface area (Å²) in [5, 5.41) is 2.81. The van der Waals surface area contributed by atoms with Gasteiger partial charge in [-0.1, -0.05) is 0 Å². The first-order valence-corrected chi connectivity index (χ1v) is 6.06. The summed E-state index contributed by atoms with van der Waals surface area (Å²) in [5.41, 5.74) is 0. The molecular weight excluding hydrogens is 220 g/mol. The molecule has 0 radical (unpaired) electrons. The molecule has 6 nitrogen and oxygen atoms in total. The van der Waals surface area contributed by atoms with E-state index in [0.717, 1.165) is 19.6 Å². The Hall–Kier alpha value is -1.14. The Bertz CT molecular complexity index is 321. The van der Waals surface area contributed by atoms with Crippen LogP contribution in [0.1, 0.15) is 6.92 Å². The van der Waals surface area contributed by atoms with E-state index in [1.54, 1.807) is 4.90 Å². The Morgan fingerprint density at radius 2 is 1.82 bits per heavy atom. The highest BCUT2D eigenvalue weighted by atomic mass is 16.2. The van der Waals surface area contributed by atoms with Gasteiger partial charge in [0.1, 0.15) is 0 Å². The molecule has 96 valence electrons. The van der Waals surface area contributed by atoms with Crippen molar-refractivity contribution in [3.05, 3.63) is 0 Å². The van der Waals surface area contributed by atoms with Gasteiger partial charge in [-0.05, 0) is 6.92 Å². The normalized spacial score (nSPS) is 25.9. The predicted octanol–water partition coefficient (Wildman–Crippen LogP) is -1.46. The number of rotatable bonds is 2. The molecule has 2 amide bonds. The van der Waals surface area contributed by atoms with Gasteiger partial charge in [-0.3, -0.25) is 19.4 Å². The average Bonchev–Trinajstić information content (AvgIpc) is 2.32. The summed E-state index contributed by atoms with van der Waals surface area (Å²) < 4.78 is 0. The molecule has 0 saturated carbocycles. The molecule has 2 rings (SSSR count). The molecule has 0 spiro atoms. The van der Waals surface area contributed by atoms with Crippen LogP contribution in [-0.4, -0.2) is 79.0 Å². The Balaban J connectivity index is 1.93. The Morgan fingerprint density at radius 3 is 2.47 bits per heavy atom. The number of nitrogens with one attached hydrogen (secondary N) is 1. The first-order valence-electron chi connectivity index (χ1n) is 6.06. The van der Waals surface area contributed by atoms with E-state index < -0.39 is 0 Å². The van der Waals surface area contributed by atoms with Crippen molar-refractivity contribution >= 4 is 11.8 Å². The molecule has 2 aliphatic heterocycles. The van der Waals surface area contributed by atoms with Crippen molar-refractivity contribution in [2.24, 2.45) is 0 Å². The van der Waals surface area contributed by atoms with Gasteiger partial charge in [0, 0.05) is 33.2 Å². The lowest BCUT2D eigenvalue weighted by Crippen LogP contribution is -2.60. The monoisotopic (exact) mass is 240 g/mol. The molecular formula is C11H20N4O2. The number of amides is 2. The van der Waals surface area contributed by atoms with Gasteiger partial charge in [-0.15, -0.1) is 0 Å². The van der Waals surface area contributed by atoms with Gasteiger partial charge in [0.15, 0.2) is 0 Å². The van der Waals surface area contributed by atoms with E-state index >= 15 is 0 Å². The number of likely N-dealkylation sites (N-methyl/N-ethyl adjacent to an activating group) is 1. The van der Waals surface area contributed by atoms with Crippen LogP contribution in [0, 0.1) is 0 Å². The molecule has 1 atom stereocenters. The molecule has 0 aliphatic carbocycles. The van der Waals surface area contributed by atoms with Gasteiger partial charge in [-0.25, -0.2) is 0 Å². The molecule has 0 bridgehead atoms. The molecule has 6 heteroatoms. The quantitative estimate of drug-likeness (QED) is 0.641. The number of carbonyl (C=O) groups excluding carboxylic acids is 2. The minimum Gasteiger partial charge on any atom is -0.354 e. The Morgan fingerprint density at radius 1 is 1.12 bits per heavy atom. The molecule has 0 aromatic carbocycles. The van der Waals surface area contributed by atoms with Crippen molar-refractivity contribution in [2.75, 3.05) is 46.3 Å². The van der Waals surface area contributed by atoms with Crippen LogP contribution < -0.4 is 5.32 Å². The Labute approximate surface area is 102 Å². The van der Waals surface area contributed by atoms with Crippen LogP contribution in [0.3, 0.4) is 0 Å². The van der Waals surface area contributed by atoms with E-state index in [9.17, 15) is 9.59 Å². The zero-order valence-corrected chi connectivity index (χ0v) is 10.5. The van der Waals surface area contributed by atoms with Gasteiger partial charge in [0.05, 0.1) is 19.3 Å².